The maximum absolute atomic E-state index is 14.1. The zero-order valence-electron chi connectivity index (χ0n) is 20.0. The van der Waals surface area contributed by atoms with Crippen molar-refractivity contribution in [2.45, 2.75) is 55.9 Å². The molecule has 7 nitrogen and oxygen atoms in total. The van der Waals surface area contributed by atoms with Crippen LogP contribution in [0.4, 0.5) is 18.9 Å². The van der Waals surface area contributed by atoms with Crippen molar-refractivity contribution in [3.05, 3.63) is 57.3 Å². The molecule has 2 aromatic rings. The second-order valence-electron chi connectivity index (χ2n) is 10.5. The molecule has 0 radical (unpaired) electrons. The van der Waals surface area contributed by atoms with Crippen molar-refractivity contribution in [3.8, 4) is 0 Å². The normalized spacial score (nSPS) is 27.1. The third kappa shape index (κ3) is 4.79. The third-order valence-electron chi connectivity index (χ3n) is 7.55. The van der Waals surface area contributed by atoms with Crippen LogP contribution in [0.2, 0.25) is 10.0 Å². The summed E-state index contributed by atoms with van der Waals surface area (Å²) >= 11 is 12.4. The summed E-state index contributed by atoms with van der Waals surface area (Å²) in [5.74, 6) is -0.657. The van der Waals surface area contributed by atoms with Crippen LogP contribution in [-0.2, 0) is 27.7 Å². The van der Waals surface area contributed by atoms with E-state index in [9.17, 15) is 26.4 Å². The highest BCUT2D eigenvalue weighted by atomic mass is 35.5. The van der Waals surface area contributed by atoms with E-state index in [1.54, 1.807) is 6.07 Å². The number of halogens is 5. The van der Waals surface area contributed by atoms with Gasteiger partial charge in [0, 0.05) is 18.6 Å². The van der Waals surface area contributed by atoms with E-state index in [-0.39, 0.29) is 31.0 Å². The molecule has 37 heavy (non-hydrogen) atoms. The molecule has 13 heteroatoms. The van der Waals surface area contributed by atoms with Gasteiger partial charge in [-0.1, -0.05) is 29.3 Å². The van der Waals surface area contributed by atoms with Crippen LogP contribution < -0.4 is 10.0 Å². The lowest BCUT2D eigenvalue weighted by molar-refractivity contribution is -0.213. The number of carbonyl (C=O) groups is 1. The molecular weight excluding hydrogens is 552 g/mol. The molecule has 4 aliphatic rings. The second-order valence-corrected chi connectivity index (χ2v) is 13.1. The summed E-state index contributed by atoms with van der Waals surface area (Å²) in [6.07, 6.45) is -0.515. The van der Waals surface area contributed by atoms with Crippen LogP contribution in [0, 0.1) is 5.41 Å². The Bertz CT molecular complexity index is 1350. The van der Waals surface area contributed by atoms with E-state index in [0.717, 1.165) is 24.4 Å². The van der Waals surface area contributed by atoms with Crippen LogP contribution in [0.15, 0.2) is 30.5 Å². The SMILES string of the molecule is CN(C(=O)C12CC(NS(C)(=O)=O)(C1)C2)[C@@H](c1ccc(NC2Cc3ccc(Cl)c(Cl)c3C2)cn1)C(F)(F)F. The zero-order chi connectivity index (χ0) is 27.0. The Kier molecular flexibility index (Phi) is 6.25. The average molecular weight is 577 g/mol. The molecule has 3 fully saturated rings. The minimum Gasteiger partial charge on any atom is -0.380 e. The van der Waals surface area contributed by atoms with Gasteiger partial charge in [-0.25, -0.2) is 13.1 Å². The number of hydrogen-bond acceptors (Lipinski definition) is 5. The first kappa shape index (κ1) is 26.5. The van der Waals surface area contributed by atoms with Crippen LogP contribution in [0.25, 0.3) is 0 Å². The predicted octanol–water partition coefficient (Wildman–Crippen LogP) is 4.50. The summed E-state index contributed by atoms with van der Waals surface area (Å²) in [5.41, 5.74) is 0.574. The standard InChI is InChI=1S/C24H25Cl2F3N4O3S/c1-33(21(34)22-10-23(11-22,12-22)32-37(2,35)36)20(24(27,28)29)18-6-4-14(9-30-18)31-15-7-13-3-5-17(25)19(26)16(13)8-15/h3-6,9,15,20,31-32H,7-8,10-12H2,1-2H3/t15?,20-,22?,23?/m0/s1. The number of nitrogens with one attached hydrogen (secondary N) is 2. The van der Waals surface area contributed by atoms with Crippen molar-refractivity contribution in [2.24, 2.45) is 5.41 Å². The van der Waals surface area contributed by atoms with E-state index in [2.05, 4.69) is 15.0 Å². The molecule has 0 saturated heterocycles. The quantitative estimate of drug-likeness (QED) is 0.506. The predicted molar refractivity (Wildman–Crippen MR) is 134 cm³/mol. The maximum Gasteiger partial charge on any atom is 0.414 e. The minimum atomic E-state index is -4.75. The van der Waals surface area contributed by atoms with E-state index in [4.69, 9.17) is 23.2 Å². The lowest BCUT2D eigenvalue weighted by Crippen LogP contribution is -2.78. The van der Waals surface area contributed by atoms with Gasteiger partial charge in [-0.15, -0.1) is 0 Å². The second kappa shape index (κ2) is 8.72. The summed E-state index contributed by atoms with van der Waals surface area (Å²) in [4.78, 5) is 17.8. The van der Waals surface area contributed by atoms with Gasteiger partial charge in [0.2, 0.25) is 15.9 Å². The highest BCUT2D eigenvalue weighted by Crippen LogP contribution is 2.68. The van der Waals surface area contributed by atoms with E-state index in [1.165, 1.54) is 18.3 Å². The van der Waals surface area contributed by atoms with Gasteiger partial charge in [-0.2, -0.15) is 13.2 Å². The van der Waals surface area contributed by atoms with Crippen LogP contribution in [0.5, 0.6) is 0 Å². The van der Waals surface area contributed by atoms with E-state index in [1.807, 2.05) is 6.07 Å². The van der Waals surface area contributed by atoms with Crippen molar-refractivity contribution in [1.82, 2.24) is 14.6 Å². The molecule has 2 N–H and O–H groups in total. The number of aromatic nitrogens is 1. The monoisotopic (exact) mass is 576 g/mol. The molecule has 1 aromatic heterocycles. The lowest BCUT2D eigenvalue weighted by Gasteiger charge is -2.69. The zero-order valence-corrected chi connectivity index (χ0v) is 22.3. The molecule has 200 valence electrons. The number of benzene rings is 1. The molecule has 0 aliphatic heterocycles. The maximum atomic E-state index is 14.1. The molecule has 2 atom stereocenters. The minimum absolute atomic E-state index is 0.0153. The fourth-order valence-corrected chi connectivity index (χ4v) is 7.65. The van der Waals surface area contributed by atoms with Crippen LogP contribution in [0.3, 0.4) is 0 Å². The van der Waals surface area contributed by atoms with Crippen LogP contribution >= 0.6 is 23.2 Å². The Morgan fingerprint density at radius 3 is 2.41 bits per heavy atom. The highest BCUT2D eigenvalue weighted by Gasteiger charge is 2.73. The molecule has 1 heterocycles. The Balaban J connectivity index is 1.27. The number of pyridine rings is 1. The first-order chi connectivity index (χ1) is 17.1. The van der Waals surface area contributed by atoms with Crippen molar-refractivity contribution >= 4 is 44.8 Å². The largest absolute Gasteiger partial charge is 0.414 e. The van der Waals surface area contributed by atoms with Gasteiger partial charge in [0.05, 0.1) is 39.3 Å². The van der Waals surface area contributed by atoms with Gasteiger partial charge in [0.1, 0.15) is 0 Å². The Labute approximate surface area is 222 Å². The number of hydrogen-bond donors (Lipinski definition) is 2. The number of amides is 1. The van der Waals surface area contributed by atoms with Crippen LogP contribution in [0.1, 0.15) is 42.1 Å². The number of anilines is 1. The summed E-state index contributed by atoms with van der Waals surface area (Å²) in [6.45, 7) is 0. The topological polar surface area (TPSA) is 91.4 Å². The molecule has 4 aliphatic carbocycles. The number of carbonyl (C=O) groups excluding carboxylic acids is 1. The summed E-state index contributed by atoms with van der Waals surface area (Å²) in [6, 6.07) is 4.20. The van der Waals surface area contributed by atoms with Gasteiger partial charge < -0.3 is 10.2 Å². The van der Waals surface area contributed by atoms with Crippen molar-refractivity contribution in [3.63, 3.8) is 0 Å². The van der Waals surface area contributed by atoms with Crippen molar-refractivity contribution in [2.75, 3.05) is 18.6 Å². The molecule has 0 spiro atoms. The van der Waals surface area contributed by atoms with Gasteiger partial charge in [0.15, 0.2) is 6.04 Å². The first-order valence-corrected chi connectivity index (χ1v) is 14.3. The molecule has 1 aromatic carbocycles. The van der Waals surface area contributed by atoms with Crippen molar-refractivity contribution in [1.29, 1.82) is 0 Å². The van der Waals surface area contributed by atoms with Gasteiger partial charge in [-0.05, 0) is 61.4 Å². The fourth-order valence-electron chi connectivity index (χ4n) is 6.21. The summed E-state index contributed by atoms with van der Waals surface area (Å²) in [5, 5.41) is 4.27. The van der Waals surface area contributed by atoms with Gasteiger partial charge >= 0.3 is 6.18 Å². The lowest BCUT2D eigenvalue weighted by atomic mass is 9.39. The first-order valence-electron chi connectivity index (χ1n) is 11.6. The van der Waals surface area contributed by atoms with E-state index in [0.29, 0.717) is 33.5 Å². The third-order valence-corrected chi connectivity index (χ3v) is 9.20. The Hall–Kier alpha value is -2.08. The van der Waals surface area contributed by atoms with Gasteiger partial charge in [-0.3, -0.25) is 9.78 Å². The number of rotatable bonds is 7. The number of alkyl halides is 3. The van der Waals surface area contributed by atoms with Crippen LogP contribution in [-0.4, -0.2) is 55.3 Å². The molecule has 6 rings (SSSR count). The molecule has 1 unspecified atom stereocenters. The van der Waals surface area contributed by atoms with Gasteiger partial charge in [0.25, 0.3) is 0 Å². The number of fused-ring (bicyclic) bond motifs is 1. The summed E-state index contributed by atoms with van der Waals surface area (Å²) < 4.78 is 67.9. The highest BCUT2D eigenvalue weighted by molar-refractivity contribution is 7.88. The smallest absolute Gasteiger partial charge is 0.380 e. The number of sulfonamides is 1. The number of nitrogens with zero attached hydrogens (tertiary/aromatic N) is 2. The Morgan fingerprint density at radius 2 is 1.84 bits per heavy atom. The molecule has 2 bridgehead atoms. The van der Waals surface area contributed by atoms with E-state index < -0.39 is 39.1 Å². The molecular formula is C24H25Cl2F3N4O3S. The summed E-state index contributed by atoms with van der Waals surface area (Å²) in [7, 11) is -2.35. The molecule has 1 amide bonds. The van der Waals surface area contributed by atoms with Crippen molar-refractivity contribution < 1.29 is 26.4 Å². The average Bonchev–Trinajstić information content (AvgIpc) is 3.15. The Morgan fingerprint density at radius 1 is 1.16 bits per heavy atom. The fraction of sp³-hybridized carbons (Fsp3) is 0.500. The van der Waals surface area contributed by atoms with E-state index >= 15 is 0 Å². The molecule has 3 saturated carbocycles.